The van der Waals surface area contributed by atoms with E-state index in [0.29, 0.717) is 22.8 Å². The summed E-state index contributed by atoms with van der Waals surface area (Å²) in [5.74, 6) is 0.658. The summed E-state index contributed by atoms with van der Waals surface area (Å²) in [6, 6.07) is 2.66. The van der Waals surface area contributed by atoms with Gasteiger partial charge in [-0.3, -0.25) is 9.88 Å². The lowest BCUT2D eigenvalue weighted by molar-refractivity contribution is 0.135. The van der Waals surface area contributed by atoms with Crippen molar-refractivity contribution in [3.8, 4) is 17.3 Å². The van der Waals surface area contributed by atoms with E-state index in [1.165, 1.54) is 12.8 Å². The smallest absolute Gasteiger partial charge is 0.228 e. The van der Waals surface area contributed by atoms with E-state index in [0.717, 1.165) is 80.9 Å². The SMILES string of the molecule is CC.CCCC.CCN1CC2CCC(C1)N2c1nc(N2CCC(C)C2)nc2c(F)c(-c3ncc(F)c4sc(N)c(C#N)c34)c3c(c12)COC3. The fraction of sp³-hybridized carbons (Fsp3) is 0.568. The van der Waals surface area contributed by atoms with Gasteiger partial charge in [0.2, 0.25) is 5.95 Å². The molecule has 4 aliphatic rings. The fourth-order valence-corrected chi connectivity index (χ4v) is 8.60. The first kappa shape index (κ1) is 35.2. The Morgan fingerprint density at radius 2 is 1.69 bits per heavy atom. The highest BCUT2D eigenvalue weighted by atomic mass is 32.1. The molecule has 9 nitrogen and oxygen atoms in total. The van der Waals surface area contributed by atoms with Crippen LogP contribution < -0.4 is 15.5 Å². The molecule has 0 saturated carbocycles. The molecule has 1 aromatic carbocycles. The predicted molar refractivity (Wildman–Crippen MR) is 195 cm³/mol. The fourth-order valence-electron chi connectivity index (χ4n) is 7.67. The van der Waals surface area contributed by atoms with Crippen LogP contribution in [0.1, 0.15) is 90.3 Å². The molecule has 2 N–H and O–H groups in total. The van der Waals surface area contributed by atoms with Crippen LogP contribution in [0.4, 0.5) is 25.5 Å². The Bertz CT molecular complexity index is 1870. The topological polar surface area (TPSA) is 107 Å². The van der Waals surface area contributed by atoms with E-state index < -0.39 is 11.6 Å². The number of nitrogen functional groups attached to an aromatic ring is 1. The Morgan fingerprint density at radius 3 is 2.31 bits per heavy atom. The van der Waals surface area contributed by atoms with E-state index in [9.17, 15) is 9.65 Å². The summed E-state index contributed by atoms with van der Waals surface area (Å²) in [6.07, 6.45) is 6.87. The van der Waals surface area contributed by atoms with E-state index in [-0.39, 0.29) is 62.7 Å². The van der Waals surface area contributed by atoms with E-state index in [2.05, 4.69) is 53.4 Å². The quantitative estimate of drug-likeness (QED) is 0.223. The van der Waals surface area contributed by atoms with Crippen molar-refractivity contribution < 1.29 is 13.5 Å². The number of ether oxygens (including phenoxy) is 1. The maximum atomic E-state index is 17.3. The molecule has 49 heavy (non-hydrogen) atoms. The molecule has 3 unspecified atom stereocenters. The van der Waals surface area contributed by atoms with Gasteiger partial charge in [-0.05, 0) is 42.9 Å². The molecule has 4 aromatic rings. The molecule has 3 fully saturated rings. The normalized spacial score (nSPS) is 21.4. The van der Waals surface area contributed by atoms with Gasteiger partial charge in [0.25, 0.3) is 0 Å². The lowest BCUT2D eigenvalue weighted by atomic mass is 9.93. The number of fused-ring (bicyclic) bond motifs is 6. The minimum Gasteiger partial charge on any atom is -0.389 e. The van der Waals surface area contributed by atoms with Gasteiger partial charge in [-0.25, -0.2) is 13.8 Å². The standard InChI is InChI=1S/C31H32F2N8OS.C4H10.C2H6/c1-3-39-11-16-4-5-17(12-39)41(16)30-24-20-14-42-13-19(20)22(25(33)27(24)37-31(38-30)40-7-6-15(2)10-40)26-23-18(8-34)29(35)43-28(23)21(32)9-36-26;1-3-4-2;1-2/h9,15-17H,3-7,10-14,35H2,1-2H3;3-4H2,1-2H3;1-2H3. The first-order valence-corrected chi connectivity index (χ1v) is 18.8. The molecule has 3 atom stereocenters. The van der Waals surface area contributed by atoms with Gasteiger partial charge < -0.3 is 20.3 Å². The molecule has 12 heteroatoms. The van der Waals surface area contributed by atoms with Crippen LogP contribution in [0.3, 0.4) is 0 Å². The molecule has 0 spiro atoms. The van der Waals surface area contributed by atoms with Crippen LogP contribution in [0, 0.1) is 28.9 Å². The van der Waals surface area contributed by atoms with Crippen molar-refractivity contribution in [2.45, 2.75) is 98.9 Å². The largest absolute Gasteiger partial charge is 0.389 e. The lowest BCUT2D eigenvalue weighted by Crippen LogP contribution is -2.54. The van der Waals surface area contributed by atoms with E-state index in [1.54, 1.807) is 0 Å². The van der Waals surface area contributed by atoms with Crippen LogP contribution in [-0.2, 0) is 18.0 Å². The molecule has 7 heterocycles. The van der Waals surface area contributed by atoms with Gasteiger partial charge in [-0.2, -0.15) is 10.2 Å². The maximum absolute atomic E-state index is 17.3. The molecule has 262 valence electrons. The van der Waals surface area contributed by atoms with Crippen LogP contribution in [0.5, 0.6) is 0 Å². The molecular weight excluding hydrogens is 643 g/mol. The summed E-state index contributed by atoms with van der Waals surface area (Å²) in [6.45, 7) is 17.7. The minimum absolute atomic E-state index is 0.106. The lowest BCUT2D eigenvalue weighted by Gasteiger charge is -2.42. The third-order valence-electron chi connectivity index (χ3n) is 10.3. The van der Waals surface area contributed by atoms with E-state index in [4.69, 9.17) is 20.4 Å². The first-order chi connectivity index (χ1) is 23.8. The molecule has 0 amide bonds. The second-order valence-electron chi connectivity index (χ2n) is 13.3. The zero-order valence-corrected chi connectivity index (χ0v) is 30.4. The number of piperazine rings is 1. The average molecular weight is 691 g/mol. The van der Waals surface area contributed by atoms with E-state index in [1.807, 2.05) is 13.8 Å². The summed E-state index contributed by atoms with van der Waals surface area (Å²) in [5, 5.41) is 11.0. The monoisotopic (exact) mass is 690 g/mol. The zero-order chi connectivity index (χ0) is 35.0. The Morgan fingerprint density at radius 1 is 1.00 bits per heavy atom. The maximum Gasteiger partial charge on any atom is 0.228 e. The van der Waals surface area contributed by atoms with Crippen molar-refractivity contribution in [2.75, 3.05) is 48.3 Å². The van der Waals surface area contributed by atoms with Crippen molar-refractivity contribution in [2.24, 2.45) is 5.92 Å². The summed E-state index contributed by atoms with van der Waals surface area (Å²) in [4.78, 5) is 21.6. The second kappa shape index (κ2) is 14.7. The van der Waals surface area contributed by atoms with Gasteiger partial charge in [0.1, 0.15) is 22.4 Å². The first-order valence-electron chi connectivity index (χ1n) is 17.9. The third kappa shape index (κ3) is 6.08. The number of likely N-dealkylation sites (N-methyl/N-ethyl adjacent to an activating group) is 1. The highest BCUT2D eigenvalue weighted by Crippen LogP contribution is 2.48. The van der Waals surface area contributed by atoms with Crippen molar-refractivity contribution in [3.05, 3.63) is 34.5 Å². The van der Waals surface area contributed by atoms with E-state index >= 15 is 4.39 Å². The Labute approximate surface area is 292 Å². The van der Waals surface area contributed by atoms with Crippen LogP contribution >= 0.6 is 11.3 Å². The number of thiophene rings is 1. The Hall–Kier alpha value is -3.66. The number of anilines is 3. The number of likely N-dealkylation sites (tertiary alicyclic amines) is 1. The molecule has 0 aliphatic carbocycles. The highest BCUT2D eigenvalue weighted by Gasteiger charge is 2.43. The van der Waals surface area contributed by atoms with Crippen LogP contribution in [0.2, 0.25) is 0 Å². The summed E-state index contributed by atoms with van der Waals surface area (Å²) in [7, 11) is 0. The third-order valence-corrected chi connectivity index (χ3v) is 11.3. The molecule has 8 rings (SSSR count). The number of nitrogens with zero attached hydrogens (tertiary/aromatic N) is 7. The van der Waals surface area contributed by atoms with Crippen molar-refractivity contribution in [1.29, 1.82) is 5.26 Å². The van der Waals surface area contributed by atoms with Gasteiger partial charge in [0.15, 0.2) is 11.6 Å². The average Bonchev–Trinajstić information content (AvgIpc) is 3.91. The number of aromatic nitrogens is 3. The van der Waals surface area contributed by atoms with Gasteiger partial charge in [0.05, 0.1) is 40.8 Å². The number of rotatable bonds is 5. The predicted octanol–water partition coefficient (Wildman–Crippen LogP) is 8.02. The summed E-state index contributed by atoms with van der Waals surface area (Å²) in [5.41, 5.74) is 8.32. The van der Waals surface area contributed by atoms with Gasteiger partial charge in [0, 0.05) is 49.2 Å². The number of nitrogens with two attached hydrogens (primary N) is 1. The molecule has 4 aliphatic heterocycles. The molecule has 2 bridgehead atoms. The second-order valence-corrected chi connectivity index (χ2v) is 14.4. The van der Waals surface area contributed by atoms with Crippen molar-refractivity contribution in [3.63, 3.8) is 0 Å². The molecule has 3 aromatic heterocycles. The minimum atomic E-state index is -0.595. The Kier molecular flexibility index (Phi) is 10.5. The molecular formula is C37H48F2N8OS. The number of pyridine rings is 1. The number of unbranched alkanes of at least 4 members (excludes halogenated alkanes) is 1. The zero-order valence-electron chi connectivity index (χ0n) is 29.6. The van der Waals surface area contributed by atoms with Crippen LogP contribution in [0.25, 0.3) is 32.2 Å². The number of nitriles is 1. The van der Waals surface area contributed by atoms with Crippen molar-refractivity contribution in [1.82, 2.24) is 19.9 Å². The molecule has 0 radical (unpaired) electrons. The summed E-state index contributed by atoms with van der Waals surface area (Å²) >= 11 is 0.975. The van der Waals surface area contributed by atoms with Crippen molar-refractivity contribution >= 4 is 49.1 Å². The van der Waals surface area contributed by atoms with Gasteiger partial charge >= 0.3 is 0 Å². The number of hydrogen-bond acceptors (Lipinski definition) is 10. The Balaban J connectivity index is 0.000000650. The summed E-state index contributed by atoms with van der Waals surface area (Å²) < 4.78 is 38.3. The van der Waals surface area contributed by atoms with Crippen LogP contribution in [-0.4, -0.2) is 64.7 Å². The van der Waals surface area contributed by atoms with Gasteiger partial charge in [-0.15, -0.1) is 11.3 Å². The van der Waals surface area contributed by atoms with Gasteiger partial charge in [-0.1, -0.05) is 54.4 Å². The highest BCUT2D eigenvalue weighted by molar-refractivity contribution is 7.23. The number of halogens is 2. The molecule has 3 saturated heterocycles. The number of benzene rings is 1. The van der Waals surface area contributed by atoms with Crippen LogP contribution in [0.15, 0.2) is 6.20 Å². The number of hydrogen-bond donors (Lipinski definition) is 1.